The van der Waals surface area contributed by atoms with Gasteiger partial charge in [0.1, 0.15) is 11.6 Å². The maximum atomic E-state index is 13.0. The minimum absolute atomic E-state index is 0.170. The van der Waals surface area contributed by atoms with Crippen molar-refractivity contribution in [2.24, 2.45) is 7.05 Å². The molecule has 2 bridgehead atoms. The monoisotopic (exact) mass is 441 g/mol. The highest BCUT2D eigenvalue weighted by molar-refractivity contribution is 6.04. The Morgan fingerprint density at radius 3 is 2.76 bits per heavy atom. The van der Waals surface area contributed by atoms with Gasteiger partial charge in [0.25, 0.3) is 5.91 Å². The number of carbonyl (C=O) groups is 1. The fourth-order valence-electron chi connectivity index (χ4n) is 5.32. The van der Waals surface area contributed by atoms with Crippen molar-refractivity contribution in [3.8, 4) is 0 Å². The van der Waals surface area contributed by atoms with Crippen LogP contribution in [-0.2, 0) is 7.05 Å². The van der Waals surface area contributed by atoms with Gasteiger partial charge in [0, 0.05) is 62.3 Å². The zero-order valence-corrected chi connectivity index (χ0v) is 18.8. The van der Waals surface area contributed by atoms with Crippen molar-refractivity contribution in [3.05, 3.63) is 64.6 Å². The summed E-state index contributed by atoms with van der Waals surface area (Å²) in [6.07, 6.45) is 14.0. The van der Waals surface area contributed by atoms with E-state index in [4.69, 9.17) is 0 Å². The van der Waals surface area contributed by atoms with Gasteiger partial charge in [-0.3, -0.25) is 14.4 Å². The second kappa shape index (κ2) is 7.81. The van der Waals surface area contributed by atoms with Crippen LogP contribution < -0.4 is 20.7 Å². The molecule has 0 radical (unpaired) electrons. The summed E-state index contributed by atoms with van der Waals surface area (Å²) in [6.45, 7) is 2.02. The molecule has 1 N–H and O–H groups in total. The fourth-order valence-corrected chi connectivity index (χ4v) is 5.32. The highest BCUT2D eigenvalue weighted by atomic mass is 16.1. The van der Waals surface area contributed by atoms with E-state index in [9.17, 15) is 4.79 Å². The standard InChI is InChI=1S/C25H27N7O/c1-30-14-22-10-21(30)15-32(22)24-9-17(5-6-26-24)25(33)29-23-8-19-7-16(3-4-18(19)11-27-23)20-12-28-31(2)13-20/h4-9,11-13,16,21-22H,3,10,14-15H2,1-2H3,(H,29,33). The van der Waals surface area contributed by atoms with Crippen molar-refractivity contribution < 1.29 is 4.79 Å². The smallest absolute Gasteiger partial charge is 0.257 e. The summed E-state index contributed by atoms with van der Waals surface area (Å²) in [7, 11) is 4.11. The molecule has 3 aromatic heterocycles. The third-order valence-corrected chi connectivity index (χ3v) is 7.15. The van der Waals surface area contributed by atoms with E-state index in [1.807, 2.05) is 36.3 Å². The number of amides is 1. The maximum Gasteiger partial charge on any atom is 0.257 e. The number of likely N-dealkylation sites (N-methyl/N-ethyl adjacent to an activating group) is 1. The fraction of sp³-hybridized carbons (Fsp3) is 0.360. The highest BCUT2D eigenvalue weighted by Crippen LogP contribution is 2.32. The zero-order chi connectivity index (χ0) is 22.5. The molecule has 168 valence electrons. The first-order chi connectivity index (χ1) is 16.0. The second-order valence-electron chi connectivity index (χ2n) is 9.35. The van der Waals surface area contributed by atoms with E-state index in [2.05, 4.69) is 55.6 Å². The van der Waals surface area contributed by atoms with Gasteiger partial charge >= 0.3 is 0 Å². The van der Waals surface area contributed by atoms with Crippen LogP contribution >= 0.6 is 0 Å². The van der Waals surface area contributed by atoms with Crippen LogP contribution in [0.3, 0.4) is 0 Å². The number of rotatable bonds is 4. The maximum absolute atomic E-state index is 13.0. The molecule has 2 saturated heterocycles. The van der Waals surface area contributed by atoms with Crippen LogP contribution in [0.5, 0.6) is 0 Å². The Hall–Kier alpha value is -3.52. The molecule has 3 aliphatic rings. The lowest BCUT2D eigenvalue weighted by atomic mass is 9.93. The van der Waals surface area contributed by atoms with Crippen LogP contribution in [0.2, 0.25) is 0 Å². The number of likely N-dealkylation sites (tertiary alicyclic amines) is 1. The number of hydrogen-bond donors (Lipinski definition) is 1. The average Bonchev–Trinajstić information content (AvgIpc) is 3.54. The largest absolute Gasteiger partial charge is 0.351 e. The van der Waals surface area contributed by atoms with Gasteiger partial charge in [0.2, 0.25) is 0 Å². The number of piperazine rings is 1. The van der Waals surface area contributed by atoms with E-state index < -0.39 is 0 Å². The average molecular weight is 442 g/mol. The summed E-state index contributed by atoms with van der Waals surface area (Å²) < 4.78 is 1.82. The third-order valence-electron chi connectivity index (χ3n) is 7.15. The summed E-state index contributed by atoms with van der Waals surface area (Å²) in [5.41, 5.74) is 1.78. The molecule has 1 amide bonds. The minimum atomic E-state index is -0.170. The second-order valence-corrected chi connectivity index (χ2v) is 9.35. The quantitative estimate of drug-likeness (QED) is 0.653. The van der Waals surface area contributed by atoms with E-state index >= 15 is 0 Å². The van der Waals surface area contributed by atoms with Crippen LogP contribution in [0, 0.1) is 0 Å². The summed E-state index contributed by atoms with van der Waals surface area (Å²) in [4.78, 5) is 26.8. The molecule has 3 aromatic rings. The van der Waals surface area contributed by atoms with E-state index in [1.54, 1.807) is 12.3 Å². The lowest BCUT2D eigenvalue weighted by Crippen LogP contribution is -2.44. The number of carbonyl (C=O) groups excluding carboxylic acids is 1. The Bertz CT molecular complexity index is 1340. The molecule has 2 fully saturated rings. The van der Waals surface area contributed by atoms with Crippen molar-refractivity contribution in [1.29, 1.82) is 0 Å². The normalized spacial score (nSPS) is 23.7. The van der Waals surface area contributed by atoms with Crippen molar-refractivity contribution in [1.82, 2.24) is 24.6 Å². The number of nitrogens with one attached hydrogen (secondary N) is 1. The van der Waals surface area contributed by atoms with Crippen LogP contribution in [0.15, 0.2) is 43.0 Å². The molecular formula is C25H27N7O. The Morgan fingerprint density at radius 2 is 2.00 bits per heavy atom. The first-order valence-electron chi connectivity index (χ1n) is 11.4. The SMILES string of the molecule is CN1CC2CC1CN2c1cc(C(=O)Nc2cc3c(cn2)=CCC(c2cnn(C)c2)C=3)ccn1. The van der Waals surface area contributed by atoms with Crippen molar-refractivity contribution in [2.45, 2.75) is 30.8 Å². The van der Waals surface area contributed by atoms with Gasteiger partial charge in [-0.1, -0.05) is 12.2 Å². The first-order valence-corrected chi connectivity index (χ1v) is 11.4. The van der Waals surface area contributed by atoms with Crippen molar-refractivity contribution in [2.75, 3.05) is 30.4 Å². The summed E-state index contributed by atoms with van der Waals surface area (Å²) >= 11 is 0. The van der Waals surface area contributed by atoms with Crippen LogP contribution in [0.4, 0.5) is 11.6 Å². The molecule has 0 saturated carbocycles. The Labute approximate surface area is 192 Å². The van der Waals surface area contributed by atoms with Crippen LogP contribution in [0.25, 0.3) is 12.2 Å². The topological polar surface area (TPSA) is 79.2 Å². The Balaban J connectivity index is 1.21. The van der Waals surface area contributed by atoms with Crippen LogP contribution in [-0.4, -0.2) is 62.8 Å². The van der Waals surface area contributed by atoms with Crippen LogP contribution in [0.1, 0.15) is 34.7 Å². The Kier molecular flexibility index (Phi) is 4.76. The summed E-state index contributed by atoms with van der Waals surface area (Å²) in [5, 5.41) is 9.43. The molecule has 33 heavy (non-hydrogen) atoms. The summed E-state index contributed by atoms with van der Waals surface area (Å²) in [6, 6.07) is 6.66. The molecule has 3 unspecified atom stereocenters. The molecule has 0 spiro atoms. The number of fused-ring (bicyclic) bond motifs is 3. The van der Waals surface area contributed by atoms with E-state index in [0.29, 0.717) is 23.5 Å². The predicted octanol–water partition coefficient (Wildman–Crippen LogP) is 1.10. The zero-order valence-electron chi connectivity index (χ0n) is 18.8. The van der Waals surface area contributed by atoms with Gasteiger partial charge < -0.3 is 10.2 Å². The molecular weight excluding hydrogens is 414 g/mol. The van der Waals surface area contributed by atoms with Gasteiger partial charge in [-0.15, -0.1) is 0 Å². The molecule has 2 aliphatic heterocycles. The van der Waals surface area contributed by atoms with Crippen molar-refractivity contribution in [3.63, 3.8) is 0 Å². The van der Waals surface area contributed by atoms with E-state index in [-0.39, 0.29) is 11.8 Å². The highest BCUT2D eigenvalue weighted by Gasteiger charge is 2.42. The third kappa shape index (κ3) is 3.70. The Morgan fingerprint density at radius 1 is 1.09 bits per heavy atom. The lowest BCUT2D eigenvalue weighted by Gasteiger charge is -2.32. The van der Waals surface area contributed by atoms with Crippen molar-refractivity contribution >= 4 is 29.7 Å². The number of hydrogen-bond acceptors (Lipinski definition) is 6. The predicted molar refractivity (Wildman–Crippen MR) is 127 cm³/mol. The van der Waals surface area contributed by atoms with Gasteiger partial charge in [-0.25, -0.2) is 9.97 Å². The first kappa shape index (κ1) is 20.1. The number of aromatic nitrogens is 4. The number of anilines is 2. The molecule has 1 aliphatic carbocycles. The van der Waals surface area contributed by atoms with Gasteiger partial charge in [-0.05, 0) is 54.1 Å². The van der Waals surface area contributed by atoms with E-state index in [1.165, 1.54) is 12.0 Å². The summed E-state index contributed by atoms with van der Waals surface area (Å²) in [5.74, 6) is 1.53. The minimum Gasteiger partial charge on any atom is -0.351 e. The molecule has 5 heterocycles. The molecule has 8 nitrogen and oxygen atoms in total. The molecule has 6 rings (SSSR count). The molecule has 0 aromatic carbocycles. The molecule has 3 atom stereocenters. The molecule has 8 heteroatoms. The number of pyridine rings is 2. The van der Waals surface area contributed by atoms with Gasteiger partial charge in [0.15, 0.2) is 0 Å². The number of nitrogens with zero attached hydrogens (tertiary/aromatic N) is 6. The van der Waals surface area contributed by atoms with Gasteiger partial charge in [0.05, 0.1) is 6.20 Å². The lowest BCUT2D eigenvalue weighted by molar-refractivity contribution is 0.102. The van der Waals surface area contributed by atoms with E-state index in [0.717, 1.165) is 35.8 Å². The number of aryl methyl sites for hydroxylation is 1. The van der Waals surface area contributed by atoms with Gasteiger partial charge in [-0.2, -0.15) is 5.10 Å².